The fourth-order valence-corrected chi connectivity index (χ4v) is 1.90. The zero-order valence-electron chi connectivity index (χ0n) is 10.3. The SMILES string of the molecule is C=CCC(CC)CCNCc1cnc(Br)nc1. The second-order valence-corrected chi connectivity index (χ2v) is 4.83. The number of nitrogens with one attached hydrogen (secondary N) is 1. The number of allylic oxidation sites excluding steroid dienone is 1. The molecule has 3 nitrogen and oxygen atoms in total. The highest BCUT2D eigenvalue weighted by Crippen LogP contribution is 2.12. The number of halogens is 1. The molecule has 4 heteroatoms. The minimum atomic E-state index is 0.637. The van der Waals surface area contributed by atoms with Gasteiger partial charge in [0.1, 0.15) is 0 Å². The van der Waals surface area contributed by atoms with E-state index in [-0.39, 0.29) is 0 Å². The predicted octanol–water partition coefficient (Wildman–Crippen LogP) is 3.32. The summed E-state index contributed by atoms with van der Waals surface area (Å²) in [4.78, 5) is 8.18. The second-order valence-electron chi connectivity index (χ2n) is 4.12. The van der Waals surface area contributed by atoms with E-state index in [9.17, 15) is 0 Å². The minimum absolute atomic E-state index is 0.637. The van der Waals surface area contributed by atoms with Gasteiger partial charge in [-0.3, -0.25) is 0 Å². The number of nitrogens with zero attached hydrogens (tertiary/aromatic N) is 2. The Morgan fingerprint density at radius 3 is 2.76 bits per heavy atom. The van der Waals surface area contributed by atoms with Gasteiger partial charge in [-0.2, -0.15) is 0 Å². The van der Waals surface area contributed by atoms with Crippen LogP contribution in [0.3, 0.4) is 0 Å². The molecule has 0 saturated carbocycles. The lowest BCUT2D eigenvalue weighted by molar-refractivity contribution is 0.455. The molecule has 1 unspecified atom stereocenters. The van der Waals surface area contributed by atoms with E-state index in [1.807, 2.05) is 18.5 Å². The van der Waals surface area contributed by atoms with Gasteiger partial charge in [0.2, 0.25) is 0 Å². The first-order valence-electron chi connectivity index (χ1n) is 6.04. The maximum absolute atomic E-state index is 4.09. The van der Waals surface area contributed by atoms with Crippen molar-refractivity contribution in [2.75, 3.05) is 6.54 Å². The predicted molar refractivity (Wildman–Crippen MR) is 74.7 cm³/mol. The van der Waals surface area contributed by atoms with Crippen molar-refractivity contribution in [2.45, 2.75) is 32.7 Å². The van der Waals surface area contributed by atoms with Gasteiger partial charge in [0.25, 0.3) is 0 Å². The van der Waals surface area contributed by atoms with Gasteiger partial charge in [0.15, 0.2) is 4.73 Å². The molecule has 1 rings (SSSR count). The number of aromatic nitrogens is 2. The molecule has 1 heterocycles. The van der Waals surface area contributed by atoms with Crippen LogP contribution < -0.4 is 5.32 Å². The summed E-state index contributed by atoms with van der Waals surface area (Å²) in [6.07, 6.45) is 9.21. The van der Waals surface area contributed by atoms with Gasteiger partial charge in [-0.05, 0) is 41.2 Å². The summed E-state index contributed by atoms with van der Waals surface area (Å²) in [5.41, 5.74) is 1.12. The van der Waals surface area contributed by atoms with Crippen LogP contribution in [0, 0.1) is 5.92 Å². The zero-order chi connectivity index (χ0) is 12.5. The molecule has 1 aromatic rings. The van der Waals surface area contributed by atoms with Gasteiger partial charge in [0, 0.05) is 24.5 Å². The lowest BCUT2D eigenvalue weighted by atomic mass is 9.99. The van der Waals surface area contributed by atoms with Crippen molar-refractivity contribution in [1.29, 1.82) is 0 Å². The molecule has 1 atom stereocenters. The van der Waals surface area contributed by atoms with Crippen LogP contribution in [-0.4, -0.2) is 16.5 Å². The molecule has 94 valence electrons. The highest BCUT2D eigenvalue weighted by atomic mass is 79.9. The third-order valence-corrected chi connectivity index (χ3v) is 3.22. The smallest absolute Gasteiger partial charge is 0.196 e. The summed E-state index contributed by atoms with van der Waals surface area (Å²) in [5.74, 6) is 0.751. The first kappa shape index (κ1) is 14.3. The lowest BCUT2D eigenvalue weighted by Gasteiger charge is -2.12. The minimum Gasteiger partial charge on any atom is -0.313 e. The van der Waals surface area contributed by atoms with Crippen LogP contribution in [0.1, 0.15) is 31.7 Å². The highest BCUT2D eigenvalue weighted by molar-refractivity contribution is 9.10. The van der Waals surface area contributed by atoms with Crippen LogP contribution in [0.4, 0.5) is 0 Å². The van der Waals surface area contributed by atoms with Crippen molar-refractivity contribution in [3.8, 4) is 0 Å². The molecule has 0 bridgehead atoms. The number of rotatable bonds is 8. The third-order valence-electron chi connectivity index (χ3n) is 2.81. The van der Waals surface area contributed by atoms with Gasteiger partial charge < -0.3 is 5.32 Å². The molecule has 0 fully saturated rings. The van der Waals surface area contributed by atoms with Crippen molar-refractivity contribution >= 4 is 15.9 Å². The summed E-state index contributed by atoms with van der Waals surface area (Å²) < 4.78 is 0.637. The maximum Gasteiger partial charge on any atom is 0.196 e. The fourth-order valence-electron chi connectivity index (χ4n) is 1.69. The van der Waals surface area contributed by atoms with E-state index in [0.717, 1.165) is 31.0 Å². The molecule has 1 aromatic heterocycles. The molecule has 0 amide bonds. The number of hydrogen-bond donors (Lipinski definition) is 1. The molecule has 0 aliphatic carbocycles. The largest absolute Gasteiger partial charge is 0.313 e. The normalized spacial score (nSPS) is 12.4. The van der Waals surface area contributed by atoms with Crippen molar-refractivity contribution < 1.29 is 0 Å². The molecule has 0 spiro atoms. The summed E-state index contributed by atoms with van der Waals surface area (Å²) in [7, 11) is 0. The van der Waals surface area contributed by atoms with Crippen LogP contribution in [0.2, 0.25) is 0 Å². The Bertz CT molecular complexity index is 324. The standard InChI is InChI=1S/C13H20BrN3/c1-3-5-11(4-2)6-7-15-8-12-9-16-13(14)17-10-12/h3,9-11,15H,1,4-8H2,2H3. The average Bonchev–Trinajstić information content (AvgIpc) is 2.35. The van der Waals surface area contributed by atoms with Crippen LogP contribution in [0.15, 0.2) is 29.8 Å². The Morgan fingerprint density at radius 2 is 2.18 bits per heavy atom. The Morgan fingerprint density at radius 1 is 1.47 bits per heavy atom. The van der Waals surface area contributed by atoms with Gasteiger partial charge >= 0.3 is 0 Å². The van der Waals surface area contributed by atoms with E-state index in [0.29, 0.717) is 4.73 Å². The van der Waals surface area contributed by atoms with Crippen LogP contribution in [0.5, 0.6) is 0 Å². The first-order valence-corrected chi connectivity index (χ1v) is 6.83. The van der Waals surface area contributed by atoms with E-state index in [4.69, 9.17) is 0 Å². The van der Waals surface area contributed by atoms with Crippen LogP contribution >= 0.6 is 15.9 Å². The third kappa shape index (κ3) is 5.94. The van der Waals surface area contributed by atoms with Crippen molar-refractivity contribution in [3.63, 3.8) is 0 Å². The molecule has 0 aliphatic heterocycles. The molecule has 0 aromatic carbocycles. The van der Waals surface area contributed by atoms with Gasteiger partial charge in [-0.15, -0.1) is 6.58 Å². The fraction of sp³-hybridized carbons (Fsp3) is 0.538. The first-order chi connectivity index (χ1) is 8.26. The summed E-state index contributed by atoms with van der Waals surface area (Å²) >= 11 is 3.22. The quantitative estimate of drug-likeness (QED) is 0.454. The monoisotopic (exact) mass is 297 g/mol. The van der Waals surface area contributed by atoms with E-state index in [1.54, 1.807) is 0 Å². The van der Waals surface area contributed by atoms with Crippen molar-refractivity contribution in [2.24, 2.45) is 5.92 Å². The Balaban J connectivity index is 2.19. The van der Waals surface area contributed by atoms with E-state index in [2.05, 4.69) is 44.7 Å². The highest BCUT2D eigenvalue weighted by Gasteiger charge is 2.03. The molecule has 1 N–H and O–H groups in total. The van der Waals surface area contributed by atoms with Crippen LogP contribution in [-0.2, 0) is 6.54 Å². The molecule has 0 radical (unpaired) electrons. The summed E-state index contributed by atoms with van der Waals surface area (Å²) in [6, 6.07) is 0. The van der Waals surface area contributed by atoms with Gasteiger partial charge in [0.05, 0.1) is 0 Å². The van der Waals surface area contributed by atoms with E-state index < -0.39 is 0 Å². The summed E-state index contributed by atoms with van der Waals surface area (Å²) in [6.45, 7) is 7.89. The molecule has 17 heavy (non-hydrogen) atoms. The number of hydrogen-bond acceptors (Lipinski definition) is 3. The van der Waals surface area contributed by atoms with Gasteiger partial charge in [-0.25, -0.2) is 9.97 Å². The Labute approximate surface area is 112 Å². The maximum atomic E-state index is 4.09. The molecule has 0 saturated heterocycles. The van der Waals surface area contributed by atoms with Crippen molar-refractivity contribution in [3.05, 3.63) is 35.3 Å². The topological polar surface area (TPSA) is 37.8 Å². The van der Waals surface area contributed by atoms with E-state index >= 15 is 0 Å². The van der Waals surface area contributed by atoms with Crippen LogP contribution in [0.25, 0.3) is 0 Å². The van der Waals surface area contributed by atoms with E-state index in [1.165, 1.54) is 12.8 Å². The molecular formula is C13H20BrN3. The second kappa shape index (κ2) is 8.37. The Kier molecular flexibility index (Phi) is 7.05. The molecular weight excluding hydrogens is 278 g/mol. The summed E-state index contributed by atoms with van der Waals surface area (Å²) in [5, 5.41) is 3.41. The Hall–Kier alpha value is -0.740. The van der Waals surface area contributed by atoms with Gasteiger partial charge in [-0.1, -0.05) is 19.4 Å². The average molecular weight is 298 g/mol. The molecule has 0 aliphatic rings. The zero-order valence-corrected chi connectivity index (χ0v) is 11.9. The lowest BCUT2D eigenvalue weighted by Crippen LogP contribution is -2.17. The van der Waals surface area contributed by atoms with Crippen molar-refractivity contribution in [1.82, 2.24) is 15.3 Å².